The number of carbonyl (C=O) groups excluding carboxylic acids is 1. The highest BCUT2D eigenvalue weighted by Crippen LogP contribution is 2.20. The third-order valence-electron chi connectivity index (χ3n) is 3.22. The van der Waals surface area contributed by atoms with Crippen LogP contribution in [0.2, 0.25) is 0 Å². The molecule has 1 aliphatic rings. The number of aromatic nitrogens is 2. The maximum Gasteiger partial charge on any atom is 0.256 e. The Bertz CT molecular complexity index is 664. The summed E-state index contributed by atoms with van der Waals surface area (Å²) in [6.45, 7) is 1.73. The van der Waals surface area contributed by atoms with Crippen LogP contribution in [0, 0.1) is 5.82 Å². The number of morpholine rings is 1. The minimum atomic E-state index is -0.521. The van der Waals surface area contributed by atoms with Gasteiger partial charge in [-0.3, -0.25) is 10.1 Å². The van der Waals surface area contributed by atoms with Gasteiger partial charge in [0.25, 0.3) is 5.91 Å². The van der Waals surface area contributed by atoms with E-state index < -0.39 is 6.10 Å². The average molecular weight is 359 g/mol. The van der Waals surface area contributed by atoms with E-state index in [2.05, 4.69) is 20.8 Å². The van der Waals surface area contributed by atoms with Crippen molar-refractivity contribution in [3.05, 3.63) is 40.7 Å². The predicted molar refractivity (Wildman–Crippen MR) is 87.6 cm³/mol. The molecule has 2 aromatic rings. The van der Waals surface area contributed by atoms with Crippen molar-refractivity contribution in [3.8, 4) is 0 Å². The first-order chi connectivity index (χ1) is 10.7. The third-order valence-corrected chi connectivity index (χ3v) is 4.06. The Hall–Kier alpha value is -1.61. The zero-order valence-electron chi connectivity index (χ0n) is 12.1. The Morgan fingerprint density at radius 1 is 1.43 bits per heavy atom. The van der Waals surface area contributed by atoms with Gasteiger partial charge in [-0.1, -0.05) is 29.5 Å². The summed E-state index contributed by atoms with van der Waals surface area (Å²) >= 11 is 1.23. The Labute approximate surface area is 142 Å². The van der Waals surface area contributed by atoms with Gasteiger partial charge in [-0.2, -0.15) is 0 Å². The molecule has 1 aromatic heterocycles. The zero-order valence-corrected chi connectivity index (χ0v) is 13.8. The quantitative estimate of drug-likeness (QED) is 0.868. The summed E-state index contributed by atoms with van der Waals surface area (Å²) in [6, 6.07) is 6.53. The predicted octanol–water partition coefficient (Wildman–Crippen LogP) is 1.62. The molecule has 2 N–H and O–H groups in total. The molecule has 1 unspecified atom stereocenters. The number of amides is 1. The minimum absolute atomic E-state index is 0. The summed E-state index contributed by atoms with van der Waals surface area (Å²) in [5.41, 5.74) is 0.552. The zero-order chi connectivity index (χ0) is 15.4. The monoisotopic (exact) mass is 358 g/mol. The van der Waals surface area contributed by atoms with Crippen molar-refractivity contribution >= 4 is 34.8 Å². The van der Waals surface area contributed by atoms with Crippen LogP contribution < -0.4 is 10.6 Å². The third kappa shape index (κ3) is 4.68. The molecule has 9 heteroatoms. The van der Waals surface area contributed by atoms with Crippen LogP contribution in [0.15, 0.2) is 24.3 Å². The smallest absolute Gasteiger partial charge is 0.256 e. The molecule has 1 aromatic carbocycles. The van der Waals surface area contributed by atoms with E-state index in [1.807, 2.05) is 0 Å². The van der Waals surface area contributed by atoms with Crippen molar-refractivity contribution in [2.75, 3.05) is 25.0 Å². The summed E-state index contributed by atoms with van der Waals surface area (Å²) in [5.74, 6) is -0.522. The fourth-order valence-corrected chi connectivity index (χ4v) is 2.87. The number of hydrogen-bond acceptors (Lipinski definition) is 6. The van der Waals surface area contributed by atoms with Gasteiger partial charge in [-0.05, 0) is 11.6 Å². The molecule has 1 amide bonds. The molecule has 1 aliphatic heterocycles. The van der Waals surface area contributed by atoms with Crippen molar-refractivity contribution in [1.29, 1.82) is 0 Å². The van der Waals surface area contributed by atoms with Crippen molar-refractivity contribution in [2.24, 2.45) is 0 Å². The molecule has 1 fully saturated rings. The average Bonchev–Trinajstić information content (AvgIpc) is 2.97. The van der Waals surface area contributed by atoms with Crippen molar-refractivity contribution < 1.29 is 13.9 Å². The molecule has 2 heterocycles. The standard InChI is InChI=1S/C14H15FN4O2S.ClH/c15-10-4-2-1-3-9(10)7-12-18-19-14(22-12)17-13(20)11-8-16-5-6-21-11;/h1-4,11,16H,5-8H2,(H,17,19,20);1H. The molecule has 0 bridgehead atoms. The van der Waals surface area contributed by atoms with E-state index in [9.17, 15) is 9.18 Å². The number of rotatable bonds is 4. The Morgan fingerprint density at radius 3 is 3.00 bits per heavy atom. The van der Waals surface area contributed by atoms with Gasteiger partial charge in [0.2, 0.25) is 5.13 Å². The largest absolute Gasteiger partial charge is 0.366 e. The topological polar surface area (TPSA) is 76.1 Å². The van der Waals surface area contributed by atoms with Crippen molar-refractivity contribution in [3.63, 3.8) is 0 Å². The number of nitrogens with zero attached hydrogens (tertiary/aromatic N) is 2. The normalized spacial score (nSPS) is 17.3. The van der Waals surface area contributed by atoms with Crippen LogP contribution >= 0.6 is 23.7 Å². The summed E-state index contributed by atoms with van der Waals surface area (Å²) in [6.07, 6.45) is -0.172. The molecule has 124 valence electrons. The summed E-state index contributed by atoms with van der Waals surface area (Å²) in [4.78, 5) is 12.0. The second kappa shape index (κ2) is 8.30. The Balaban J connectivity index is 0.00000192. The van der Waals surface area contributed by atoms with Crippen LogP contribution in [0.3, 0.4) is 0 Å². The molecule has 3 rings (SSSR count). The number of benzene rings is 1. The van der Waals surface area contributed by atoms with Crippen LogP contribution in [-0.4, -0.2) is 41.9 Å². The first-order valence-corrected chi connectivity index (χ1v) is 7.73. The molecule has 1 atom stereocenters. The van der Waals surface area contributed by atoms with Crippen LogP contribution in [0.1, 0.15) is 10.6 Å². The van der Waals surface area contributed by atoms with E-state index in [-0.39, 0.29) is 24.1 Å². The minimum Gasteiger partial charge on any atom is -0.366 e. The first-order valence-electron chi connectivity index (χ1n) is 6.91. The Morgan fingerprint density at radius 2 is 2.26 bits per heavy atom. The number of anilines is 1. The fourth-order valence-electron chi connectivity index (χ4n) is 2.10. The summed E-state index contributed by atoms with van der Waals surface area (Å²) < 4.78 is 19.0. The lowest BCUT2D eigenvalue weighted by Crippen LogP contribution is -2.45. The van der Waals surface area contributed by atoms with E-state index in [1.54, 1.807) is 18.2 Å². The molecule has 0 saturated carbocycles. The number of ether oxygens (including phenoxy) is 1. The van der Waals surface area contributed by atoms with Gasteiger partial charge < -0.3 is 10.1 Å². The molecule has 0 aliphatic carbocycles. The van der Waals surface area contributed by atoms with E-state index in [4.69, 9.17) is 4.74 Å². The number of nitrogens with one attached hydrogen (secondary N) is 2. The lowest BCUT2D eigenvalue weighted by Gasteiger charge is -2.21. The van der Waals surface area contributed by atoms with Gasteiger partial charge >= 0.3 is 0 Å². The highest BCUT2D eigenvalue weighted by molar-refractivity contribution is 7.15. The van der Waals surface area contributed by atoms with Gasteiger partial charge in [0, 0.05) is 19.5 Å². The van der Waals surface area contributed by atoms with Gasteiger partial charge in [0.15, 0.2) is 0 Å². The second-order valence-corrected chi connectivity index (χ2v) is 5.88. The summed E-state index contributed by atoms with van der Waals surface area (Å²) in [7, 11) is 0. The molecular formula is C14H16ClFN4O2S. The van der Waals surface area contributed by atoms with Gasteiger partial charge in [-0.25, -0.2) is 4.39 Å². The maximum absolute atomic E-state index is 13.6. The van der Waals surface area contributed by atoms with E-state index in [0.717, 1.165) is 6.54 Å². The molecular weight excluding hydrogens is 343 g/mol. The number of hydrogen-bond donors (Lipinski definition) is 2. The Kier molecular flexibility index (Phi) is 6.40. The van der Waals surface area contributed by atoms with E-state index >= 15 is 0 Å². The first kappa shape index (κ1) is 17.7. The van der Waals surface area contributed by atoms with E-state index in [1.165, 1.54) is 17.4 Å². The van der Waals surface area contributed by atoms with Crippen molar-refractivity contribution in [1.82, 2.24) is 15.5 Å². The number of halogens is 2. The van der Waals surface area contributed by atoms with Gasteiger partial charge in [0.05, 0.1) is 6.61 Å². The van der Waals surface area contributed by atoms with Crippen LogP contribution in [0.4, 0.5) is 9.52 Å². The highest BCUT2D eigenvalue weighted by atomic mass is 35.5. The lowest BCUT2D eigenvalue weighted by molar-refractivity contribution is -0.128. The number of carbonyl (C=O) groups is 1. The van der Waals surface area contributed by atoms with Crippen molar-refractivity contribution in [2.45, 2.75) is 12.5 Å². The highest BCUT2D eigenvalue weighted by Gasteiger charge is 2.22. The maximum atomic E-state index is 13.6. The summed E-state index contributed by atoms with van der Waals surface area (Å²) in [5, 5.41) is 14.7. The second-order valence-electron chi connectivity index (χ2n) is 4.82. The molecule has 0 radical (unpaired) electrons. The molecule has 6 nitrogen and oxygen atoms in total. The SMILES string of the molecule is Cl.O=C(Nc1nnc(Cc2ccccc2F)s1)C1CNCCO1. The molecule has 0 spiro atoms. The van der Waals surface area contributed by atoms with Crippen LogP contribution in [-0.2, 0) is 16.0 Å². The molecule has 1 saturated heterocycles. The fraction of sp³-hybridized carbons (Fsp3) is 0.357. The van der Waals surface area contributed by atoms with Crippen LogP contribution in [0.5, 0.6) is 0 Å². The lowest BCUT2D eigenvalue weighted by atomic mass is 10.1. The van der Waals surface area contributed by atoms with E-state index in [0.29, 0.717) is 35.3 Å². The van der Waals surface area contributed by atoms with Gasteiger partial charge in [-0.15, -0.1) is 22.6 Å². The molecule has 23 heavy (non-hydrogen) atoms. The van der Waals surface area contributed by atoms with Gasteiger partial charge in [0.1, 0.15) is 16.9 Å². The van der Waals surface area contributed by atoms with Crippen LogP contribution in [0.25, 0.3) is 0 Å².